The molecule has 2 aromatic heterocycles. The molecule has 1 N–H and O–H groups in total. The van der Waals surface area contributed by atoms with Gasteiger partial charge >= 0.3 is 0 Å². The third-order valence-electron chi connectivity index (χ3n) is 2.92. The molecule has 1 aromatic carbocycles. The Morgan fingerprint density at radius 2 is 2.08 bits per heavy atom. The van der Waals surface area contributed by atoms with Crippen molar-refractivity contribution in [3.05, 3.63) is 53.1 Å². The van der Waals surface area contributed by atoms with E-state index in [4.69, 9.17) is 16.0 Å². The molecule has 0 amide bonds. The van der Waals surface area contributed by atoms with Crippen molar-refractivity contribution in [3.63, 3.8) is 0 Å². The predicted molar refractivity (Wildman–Crippen MR) is 85.2 cm³/mol. The lowest BCUT2D eigenvalue weighted by Crippen LogP contribution is -1.95. The van der Waals surface area contributed by atoms with E-state index in [9.17, 15) is 13.9 Å². The molecule has 2 heterocycles. The number of nitrogens with zero attached hydrogens (tertiary/aromatic N) is 3. The fourth-order valence-corrected chi connectivity index (χ4v) is 2.79. The van der Waals surface area contributed by atoms with Gasteiger partial charge in [0.2, 0.25) is 11.8 Å². The molecule has 0 radical (unpaired) electrons. The zero-order valence-corrected chi connectivity index (χ0v) is 13.6. The molecule has 124 valence electrons. The van der Waals surface area contributed by atoms with Crippen molar-refractivity contribution in [2.24, 2.45) is 0 Å². The van der Waals surface area contributed by atoms with Gasteiger partial charge in [0.1, 0.15) is 5.69 Å². The van der Waals surface area contributed by atoms with E-state index in [1.165, 1.54) is 0 Å². The van der Waals surface area contributed by atoms with Crippen molar-refractivity contribution >= 4 is 23.4 Å². The van der Waals surface area contributed by atoms with E-state index in [1.807, 2.05) is 6.07 Å². The fourth-order valence-electron chi connectivity index (χ4n) is 1.89. The Balaban J connectivity index is 1.72. The van der Waals surface area contributed by atoms with Crippen LogP contribution >= 0.6 is 23.4 Å². The topological polar surface area (TPSA) is 72.0 Å². The highest BCUT2D eigenvalue weighted by Gasteiger charge is 2.14. The van der Waals surface area contributed by atoms with Gasteiger partial charge in [0.25, 0.3) is 6.43 Å². The van der Waals surface area contributed by atoms with Crippen molar-refractivity contribution in [1.82, 2.24) is 15.0 Å². The molecule has 5 nitrogen and oxygen atoms in total. The zero-order valence-electron chi connectivity index (χ0n) is 12.0. The first kappa shape index (κ1) is 16.7. The van der Waals surface area contributed by atoms with Crippen LogP contribution < -0.4 is 0 Å². The van der Waals surface area contributed by atoms with Gasteiger partial charge in [-0.15, -0.1) is 0 Å². The molecule has 0 saturated heterocycles. The van der Waals surface area contributed by atoms with Crippen LogP contribution in [0.5, 0.6) is 5.88 Å². The van der Waals surface area contributed by atoms with Gasteiger partial charge in [0.15, 0.2) is 10.9 Å². The van der Waals surface area contributed by atoms with Crippen molar-refractivity contribution in [3.8, 4) is 17.2 Å². The molecule has 0 saturated carbocycles. The van der Waals surface area contributed by atoms with Crippen LogP contribution in [0.3, 0.4) is 0 Å². The maximum absolute atomic E-state index is 12.7. The smallest absolute Gasteiger partial charge is 0.280 e. The van der Waals surface area contributed by atoms with Gasteiger partial charge in [-0.05, 0) is 12.1 Å². The largest absolute Gasteiger partial charge is 0.493 e. The van der Waals surface area contributed by atoms with E-state index in [0.717, 1.165) is 23.4 Å². The van der Waals surface area contributed by atoms with E-state index < -0.39 is 18.0 Å². The van der Waals surface area contributed by atoms with Gasteiger partial charge in [-0.25, -0.2) is 18.7 Å². The first-order chi connectivity index (χ1) is 11.5. The summed E-state index contributed by atoms with van der Waals surface area (Å²) in [5.41, 5.74) is 0.247. The Bertz CT molecular complexity index is 860. The van der Waals surface area contributed by atoms with Crippen LogP contribution in [-0.4, -0.2) is 20.1 Å². The number of rotatable bonds is 5. The van der Waals surface area contributed by atoms with Crippen molar-refractivity contribution in [2.45, 2.75) is 17.3 Å². The molecule has 0 unspecified atom stereocenters. The SMILES string of the molecule is Oc1cc(C(F)F)nc(SCc2ncc(-c3cccc(Cl)c3)o2)n1. The second-order valence-electron chi connectivity index (χ2n) is 4.65. The average Bonchev–Trinajstić information content (AvgIpc) is 3.01. The Morgan fingerprint density at radius 1 is 1.25 bits per heavy atom. The van der Waals surface area contributed by atoms with Gasteiger partial charge in [-0.3, -0.25) is 0 Å². The first-order valence-corrected chi connectivity index (χ1v) is 8.07. The molecule has 0 aliphatic rings. The summed E-state index contributed by atoms with van der Waals surface area (Å²) in [7, 11) is 0. The molecule has 0 bridgehead atoms. The molecule has 0 aliphatic carbocycles. The number of oxazole rings is 1. The van der Waals surface area contributed by atoms with Gasteiger partial charge in [0, 0.05) is 16.7 Å². The van der Waals surface area contributed by atoms with Crippen molar-refractivity contribution < 1.29 is 18.3 Å². The number of thioether (sulfide) groups is 1. The molecule has 0 aliphatic heterocycles. The Kier molecular flexibility index (Phi) is 4.96. The monoisotopic (exact) mass is 369 g/mol. The lowest BCUT2D eigenvalue weighted by molar-refractivity contribution is 0.144. The predicted octanol–water partition coefficient (Wildman–Crippen LogP) is 4.72. The summed E-state index contributed by atoms with van der Waals surface area (Å²) < 4.78 is 30.9. The lowest BCUT2D eigenvalue weighted by atomic mass is 10.2. The summed E-state index contributed by atoms with van der Waals surface area (Å²) in [6.45, 7) is 0. The molecule has 3 rings (SSSR count). The minimum atomic E-state index is -2.78. The van der Waals surface area contributed by atoms with Crippen LogP contribution in [0.1, 0.15) is 18.0 Å². The highest BCUT2D eigenvalue weighted by atomic mass is 35.5. The average molecular weight is 370 g/mol. The molecular weight excluding hydrogens is 360 g/mol. The van der Waals surface area contributed by atoms with Crippen LogP contribution in [-0.2, 0) is 5.75 Å². The van der Waals surface area contributed by atoms with E-state index >= 15 is 0 Å². The van der Waals surface area contributed by atoms with Crippen molar-refractivity contribution in [2.75, 3.05) is 0 Å². The van der Waals surface area contributed by atoms with Gasteiger partial charge in [0.05, 0.1) is 11.9 Å². The standard InChI is InChI=1S/C15H10ClF2N3O2S/c16-9-3-1-2-8(4-9)11-6-19-13(23-11)7-24-15-20-10(14(17)18)5-12(22)21-15/h1-6,14H,7H2,(H,20,21,22). The summed E-state index contributed by atoms with van der Waals surface area (Å²) in [5.74, 6) is 0.640. The van der Waals surface area contributed by atoms with E-state index in [-0.39, 0.29) is 10.9 Å². The Labute approximate surface area is 144 Å². The molecule has 0 fully saturated rings. The zero-order chi connectivity index (χ0) is 17.1. The minimum Gasteiger partial charge on any atom is -0.493 e. The number of hydrogen-bond acceptors (Lipinski definition) is 6. The van der Waals surface area contributed by atoms with Gasteiger partial charge < -0.3 is 9.52 Å². The maximum Gasteiger partial charge on any atom is 0.280 e. The summed E-state index contributed by atoms with van der Waals surface area (Å²) in [6, 6.07) is 7.94. The number of alkyl halides is 2. The highest BCUT2D eigenvalue weighted by molar-refractivity contribution is 7.98. The normalized spacial score (nSPS) is 11.2. The van der Waals surface area contributed by atoms with Crippen LogP contribution in [0, 0.1) is 0 Å². The van der Waals surface area contributed by atoms with E-state index in [0.29, 0.717) is 16.7 Å². The minimum absolute atomic E-state index is 0.0211. The first-order valence-electron chi connectivity index (χ1n) is 6.71. The lowest BCUT2D eigenvalue weighted by Gasteiger charge is -2.03. The third kappa shape index (κ3) is 4.01. The summed E-state index contributed by atoms with van der Waals surface area (Å²) in [5, 5.41) is 9.97. The number of benzene rings is 1. The highest BCUT2D eigenvalue weighted by Crippen LogP contribution is 2.28. The Hall–Kier alpha value is -2.19. The molecule has 24 heavy (non-hydrogen) atoms. The van der Waals surface area contributed by atoms with Gasteiger partial charge in [-0.1, -0.05) is 35.5 Å². The second-order valence-corrected chi connectivity index (χ2v) is 6.03. The fraction of sp³-hybridized carbons (Fsp3) is 0.133. The quantitative estimate of drug-likeness (QED) is 0.518. The third-order valence-corrected chi connectivity index (χ3v) is 3.99. The second kappa shape index (κ2) is 7.14. The van der Waals surface area contributed by atoms with Crippen molar-refractivity contribution in [1.29, 1.82) is 0 Å². The van der Waals surface area contributed by atoms with Crippen LogP contribution in [0.15, 0.2) is 46.1 Å². The number of aromatic nitrogens is 3. The molecular formula is C15H10ClF2N3O2S. The van der Waals surface area contributed by atoms with Crippen LogP contribution in [0.2, 0.25) is 5.02 Å². The molecule has 0 spiro atoms. The number of halogens is 3. The summed E-state index contributed by atoms with van der Waals surface area (Å²) >= 11 is 6.96. The summed E-state index contributed by atoms with van der Waals surface area (Å²) in [6.07, 6.45) is -1.23. The number of aromatic hydroxyl groups is 1. The van der Waals surface area contributed by atoms with Gasteiger partial charge in [-0.2, -0.15) is 4.98 Å². The number of hydrogen-bond donors (Lipinski definition) is 1. The van der Waals surface area contributed by atoms with E-state index in [1.54, 1.807) is 24.4 Å². The van der Waals surface area contributed by atoms with Crippen LogP contribution in [0.4, 0.5) is 8.78 Å². The maximum atomic E-state index is 12.7. The molecule has 9 heteroatoms. The van der Waals surface area contributed by atoms with E-state index in [2.05, 4.69) is 15.0 Å². The molecule has 0 atom stereocenters. The summed E-state index contributed by atoms with van der Waals surface area (Å²) in [4.78, 5) is 11.5. The van der Waals surface area contributed by atoms with Crippen LogP contribution in [0.25, 0.3) is 11.3 Å². The Morgan fingerprint density at radius 3 is 2.83 bits per heavy atom. The molecule has 3 aromatic rings.